The van der Waals surface area contributed by atoms with Crippen molar-refractivity contribution in [1.82, 2.24) is 0 Å². The summed E-state index contributed by atoms with van der Waals surface area (Å²) in [7, 11) is 0. The Morgan fingerprint density at radius 2 is 2.10 bits per heavy atom. The van der Waals surface area contributed by atoms with E-state index < -0.39 is 0 Å². The molecule has 1 fully saturated rings. The Labute approximate surface area is 70.5 Å². The zero-order chi connectivity index (χ0) is 7.40. The summed E-state index contributed by atoms with van der Waals surface area (Å²) in [5.41, 5.74) is 5.70. The van der Waals surface area contributed by atoms with Gasteiger partial charge in [-0.05, 0) is 36.8 Å². The van der Waals surface area contributed by atoms with Crippen molar-refractivity contribution in [2.24, 2.45) is 0 Å². The lowest BCUT2D eigenvalue weighted by Gasteiger charge is -2.13. The van der Waals surface area contributed by atoms with E-state index in [1.807, 2.05) is 0 Å². The SMILES string of the molecule is C=C1CCCCC1=C=CBr. The third-order valence-corrected chi connectivity index (χ3v) is 2.04. The first-order valence-electron chi connectivity index (χ1n) is 3.57. The summed E-state index contributed by atoms with van der Waals surface area (Å²) in [6.07, 6.45) is 4.90. The van der Waals surface area contributed by atoms with Crippen LogP contribution in [0.3, 0.4) is 0 Å². The second kappa shape index (κ2) is 3.80. The molecule has 0 aliphatic heterocycles. The zero-order valence-electron chi connectivity index (χ0n) is 5.99. The van der Waals surface area contributed by atoms with Crippen LogP contribution in [0.4, 0.5) is 0 Å². The molecule has 0 atom stereocenters. The minimum atomic E-state index is 1.15. The Morgan fingerprint density at radius 1 is 1.40 bits per heavy atom. The minimum Gasteiger partial charge on any atom is -0.110 e. The lowest BCUT2D eigenvalue weighted by molar-refractivity contribution is 0.682. The molecule has 0 bridgehead atoms. The highest BCUT2D eigenvalue weighted by atomic mass is 79.9. The molecule has 0 unspecified atom stereocenters. The van der Waals surface area contributed by atoms with Gasteiger partial charge in [-0.2, -0.15) is 0 Å². The molecule has 0 amide bonds. The van der Waals surface area contributed by atoms with E-state index in [4.69, 9.17) is 0 Å². The molecule has 1 saturated carbocycles. The molecule has 0 N–H and O–H groups in total. The summed E-state index contributed by atoms with van der Waals surface area (Å²) >= 11 is 3.21. The maximum absolute atomic E-state index is 3.97. The maximum Gasteiger partial charge on any atom is 0.0234 e. The van der Waals surface area contributed by atoms with Gasteiger partial charge in [-0.3, -0.25) is 0 Å². The van der Waals surface area contributed by atoms with Crippen molar-refractivity contribution in [3.8, 4) is 0 Å². The average molecular weight is 199 g/mol. The monoisotopic (exact) mass is 198 g/mol. The highest BCUT2D eigenvalue weighted by Gasteiger charge is 2.07. The van der Waals surface area contributed by atoms with Crippen molar-refractivity contribution in [2.45, 2.75) is 25.7 Å². The molecule has 1 aliphatic carbocycles. The maximum atomic E-state index is 3.97. The van der Waals surface area contributed by atoms with Crippen LogP contribution in [-0.2, 0) is 0 Å². The number of hydrogen-bond donors (Lipinski definition) is 0. The van der Waals surface area contributed by atoms with Gasteiger partial charge >= 0.3 is 0 Å². The van der Waals surface area contributed by atoms with Gasteiger partial charge in [0.15, 0.2) is 0 Å². The van der Waals surface area contributed by atoms with Crippen molar-refractivity contribution in [2.75, 3.05) is 0 Å². The van der Waals surface area contributed by atoms with Crippen LogP contribution in [0.1, 0.15) is 25.7 Å². The first-order valence-corrected chi connectivity index (χ1v) is 4.48. The van der Waals surface area contributed by atoms with Gasteiger partial charge in [-0.15, -0.1) is 5.73 Å². The van der Waals surface area contributed by atoms with Crippen LogP contribution in [0.2, 0.25) is 0 Å². The zero-order valence-corrected chi connectivity index (χ0v) is 7.58. The Bertz CT molecular complexity index is 195. The Balaban J connectivity index is 2.75. The molecule has 54 valence electrons. The second-order valence-electron chi connectivity index (χ2n) is 2.54. The van der Waals surface area contributed by atoms with E-state index in [0.29, 0.717) is 0 Å². The van der Waals surface area contributed by atoms with Crippen molar-refractivity contribution in [3.05, 3.63) is 28.4 Å². The highest BCUT2D eigenvalue weighted by Crippen LogP contribution is 2.26. The molecule has 0 nitrogen and oxygen atoms in total. The van der Waals surface area contributed by atoms with Crippen molar-refractivity contribution in [1.29, 1.82) is 0 Å². The van der Waals surface area contributed by atoms with Gasteiger partial charge in [0.25, 0.3) is 0 Å². The Hall–Kier alpha value is -0.260. The molecule has 10 heavy (non-hydrogen) atoms. The smallest absolute Gasteiger partial charge is 0.0234 e. The second-order valence-corrected chi connectivity index (χ2v) is 3.00. The van der Waals surface area contributed by atoms with E-state index >= 15 is 0 Å². The van der Waals surface area contributed by atoms with Crippen LogP contribution in [0.15, 0.2) is 28.4 Å². The van der Waals surface area contributed by atoms with E-state index in [0.717, 1.165) is 12.8 Å². The topological polar surface area (TPSA) is 0 Å². The molecular weight excluding hydrogens is 188 g/mol. The Morgan fingerprint density at radius 3 is 2.70 bits per heavy atom. The van der Waals surface area contributed by atoms with Gasteiger partial charge in [-0.25, -0.2) is 0 Å². The van der Waals surface area contributed by atoms with E-state index in [1.165, 1.54) is 24.0 Å². The van der Waals surface area contributed by atoms with Crippen LogP contribution >= 0.6 is 15.9 Å². The highest BCUT2D eigenvalue weighted by molar-refractivity contribution is 9.11. The average Bonchev–Trinajstić information content (AvgIpc) is 1.94. The normalized spacial score (nSPS) is 18.5. The lowest BCUT2D eigenvalue weighted by Crippen LogP contribution is -1.95. The molecule has 0 spiro atoms. The quantitative estimate of drug-likeness (QED) is 0.523. The number of hydrogen-bond acceptors (Lipinski definition) is 0. The predicted octanol–water partition coefficient (Wildman–Crippen LogP) is 3.55. The van der Waals surface area contributed by atoms with E-state index in [-0.39, 0.29) is 0 Å². The Kier molecular flexibility index (Phi) is 2.98. The van der Waals surface area contributed by atoms with Gasteiger partial charge in [0.1, 0.15) is 0 Å². The van der Waals surface area contributed by atoms with Crippen LogP contribution in [0.25, 0.3) is 0 Å². The van der Waals surface area contributed by atoms with Crippen LogP contribution in [0.5, 0.6) is 0 Å². The number of rotatable bonds is 0. The van der Waals surface area contributed by atoms with E-state index in [9.17, 15) is 0 Å². The summed E-state index contributed by atoms with van der Waals surface area (Å²) in [6, 6.07) is 0. The molecule has 0 radical (unpaired) electrons. The summed E-state index contributed by atoms with van der Waals surface area (Å²) in [5, 5.41) is 0. The fourth-order valence-corrected chi connectivity index (χ4v) is 1.48. The summed E-state index contributed by atoms with van der Waals surface area (Å²) in [6.45, 7) is 3.97. The predicted molar refractivity (Wildman–Crippen MR) is 48.1 cm³/mol. The van der Waals surface area contributed by atoms with E-state index in [1.54, 1.807) is 4.99 Å². The molecular formula is C9H11Br. The molecule has 0 aromatic carbocycles. The number of halogens is 1. The summed E-state index contributed by atoms with van der Waals surface area (Å²) < 4.78 is 0. The summed E-state index contributed by atoms with van der Waals surface area (Å²) in [5.74, 6) is 0. The minimum absolute atomic E-state index is 1.15. The van der Waals surface area contributed by atoms with Crippen LogP contribution in [0, 0.1) is 0 Å². The lowest BCUT2D eigenvalue weighted by atomic mass is 9.91. The van der Waals surface area contributed by atoms with Crippen LogP contribution < -0.4 is 0 Å². The third-order valence-electron chi connectivity index (χ3n) is 1.81. The van der Waals surface area contributed by atoms with Crippen molar-refractivity contribution >= 4 is 15.9 Å². The van der Waals surface area contributed by atoms with Gasteiger partial charge < -0.3 is 0 Å². The van der Waals surface area contributed by atoms with Crippen molar-refractivity contribution < 1.29 is 0 Å². The molecule has 1 rings (SSSR count). The molecule has 1 aliphatic rings. The first kappa shape index (κ1) is 7.84. The first-order chi connectivity index (χ1) is 4.84. The summed E-state index contributed by atoms with van der Waals surface area (Å²) in [4.78, 5) is 1.79. The van der Waals surface area contributed by atoms with E-state index in [2.05, 4.69) is 28.2 Å². The van der Waals surface area contributed by atoms with Gasteiger partial charge in [0.2, 0.25) is 0 Å². The van der Waals surface area contributed by atoms with Gasteiger partial charge in [-0.1, -0.05) is 22.5 Å². The molecule has 0 heterocycles. The van der Waals surface area contributed by atoms with Crippen LogP contribution in [-0.4, -0.2) is 0 Å². The number of allylic oxidation sites excluding steroid dienone is 2. The molecule has 1 heteroatoms. The third kappa shape index (κ3) is 1.86. The fraction of sp³-hybridized carbons (Fsp3) is 0.444. The standard InChI is InChI=1S/C9H11Br/c1-8-4-2-3-5-9(8)6-7-10/h7H,1-5H2. The largest absolute Gasteiger partial charge is 0.110 e. The van der Waals surface area contributed by atoms with Gasteiger partial charge in [0, 0.05) is 4.99 Å². The van der Waals surface area contributed by atoms with Gasteiger partial charge in [0.05, 0.1) is 0 Å². The fourth-order valence-electron chi connectivity index (χ4n) is 1.21. The molecule has 0 saturated heterocycles. The molecule has 0 aromatic rings. The van der Waals surface area contributed by atoms with Crippen molar-refractivity contribution in [3.63, 3.8) is 0 Å². The molecule has 0 aromatic heterocycles.